The SMILES string of the molecule is COC(=O)c1ccc(NC(=O)C(=O)N2CCN(c3cccc(C)c3C)CC2)cc1. The third-order valence-electron chi connectivity index (χ3n) is 5.24. The summed E-state index contributed by atoms with van der Waals surface area (Å²) in [6, 6.07) is 12.4. The van der Waals surface area contributed by atoms with E-state index in [9.17, 15) is 14.4 Å². The van der Waals surface area contributed by atoms with Crippen molar-refractivity contribution in [3.05, 3.63) is 59.2 Å². The van der Waals surface area contributed by atoms with Gasteiger partial charge in [-0.25, -0.2) is 4.79 Å². The number of rotatable bonds is 3. The molecule has 1 saturated heterocycles. The second kappa shape index (κ2) is 8.77. The number of nitrogens with zero attached hydrogens (tertiary/aromatic N) is 2. The summed E-state index contributed by atoms with van der Waals surface area (Å²) in [5.41, 5.74) is 4.47. The average molecular weight is 395 g/mol. The fourth-order valence-electron chi connectivity index (χ4n) is 3.36. The van der Waals surface area contributed by atoms with Crippen LogP contribution in [-0.4, -0.2) is 56.0 Å². The molecule has 1 aliphatic heterocycles. The summed E-state index contributed by atoms with van der Waals surface area (Å²) in [5.74, 6) is -1.70. The summed E-state index contributed by atoms with van der Waals surface area (Å²) in [4.78, 5) is 40.1. The van der Waals surface area contributed by atoms with Crippen LogP contribution in [0.5, 0.6) is 0 Å². The first kappa shape index (κ1) is 20.4. The third-order valence-corrected chi connectivity index (χ3v) is 5.24. The molecule has 3 rings (SSSR count). The van der Waals surface area contributed by atoms with Crippen molar-refractivity contribution in [3.8, 4) is 0 Å². The minimum absolute atomic E-state index is 0.374. The number of hydrogen-bond acceptors (Lipinski definition) is 5. The van der Waals surface area contributed by atoms with E-state index in [0.717, 1.165) is 0 Å². The number of aryl methyl sites for hydroxylation is 1. The number of methoxy groups -OCH3 is 1. The largest absolute Gasteiger partial charge is 0.465 e. The van der Waals surface area contributed by atoms with Gasteiger partial charge in [-0.1, -0.05) is 12.1 Å². The summed E-state index contributed by atoms with van der Waals surface area (Å²) in [5, 5.41) is 2.59. The van der Waals surface area contributed by atoms with Crippen molar-refractivity contribution in [1.82, 2.24) is 4.90 Å². The van der Waals surface area contributed by atoms with Gasteiger partial charge >= 0.3 is 17.8 Å². The van der Waals surface area contributed by atoms with Crippen molar-refractivity contribution < 1.29 is 19.1 Å². The lowest BCUT2D eigenvalue weighted by molar-refractivity contribution is -0.143. The molecule has 7 heteroatoms. The normalized spacial score (nSPS) is 13.8. The minimum atomic E-state index is -0.684. The molecular formula is C22H25N3O4. The first-order valence-electron chi connectivity index (χ1n) is 9.50. The number of benzene rings is 2. The van der Waals surface area contributed by atoms with Crippen LogP contribution in [0.1, 0.15) is 21.5 Å². The summed E-state index contributed by atoms with van der Waals surface area (Å²) in [6.07, 6.45) is 0. The maximum absolute atomic E-state index is 12.5. The average Bonchev–Trinajstić information content (AvgIpc) is 2.75. The molecule has 0 unspecified atom stereocenters. The zero-order valence-corrected chi connectivity index (χ0v) is 16.9. The Bertz CT molecular complexity index is 916. The maximum Gasteiger partial charge on any atom is 0.337 e. The maximum atomic E-state index is 12.5. The topological polar surface area (TPSA) is 78.9 Å². The van der Waals surface area contributed by atoms with Gasteiger partial charge in [-0.15, -0.1) is 0 Å². The van der Waals surface area contributed by atoms with Crippen LogP contribution >= 0.6 is 0 Å². The predicted octanol–water partition coefficient (Wildman–Crippen LogP) is 2.38. The molecule has 2 aromatic carbocycles. The number of esters is 1. The molecule has 7 nitrogen and oxygen atoms in total. The third kappa shape index (κ3) is 4.56. The molecular weight excluding hydrogens is 370 g/mol. The zero-order valence-electron chi connectivity index (χ0n) is 16.9. The Kier molecular flexibility index (Phi) is 6.16. The lowest BCUT2D eigenvalue weighted by atomic mass is 10.1. The van der Waals surface area contributed by atoms with E-state index in [1.165, 1.54) is 36.1 Å². The Morgan fingerprint density at radius 3 is 2.21 bits per heavy atom. The highest BCUT2D eigenvalue weighted by atomic mass is 16.5. The fraction of sp³-hybridized carbons (Fsp3) is 0.318. The van der Waals surface area contributed by atoms with Gasteiger partial charge in [-0.3, -0.25) is 9.59 Å². The Morgan fingerprint density at radius 2 is 1.59 bits per heavy atom. The number of hydrogen-bond donors (Lipinski definition) is 1. The van der Waals surface area contributed by atoms with Crippen LogP contribution in [0.3, 0.4) is 0 Å². The number of ether oxygens (including phenoxy) is 1. The second-order valence-electron chi connectivity index (χ2n) is 7.02. The van der Waals surface area contributed by atoms with Crippen LogP contribution in [-0.2, 0) is 14.3 Å². The van der Waals surface area contributed by atoms with Gasteiger partial charge < -0.3 is 19.9 Å². The number of carbonyl (C=O) groups excluding carboxylic acids is 3. The zero-order chi connectivity index (χ0) is 21.0. The van der Waals surface area contributed by atoms with Crippen LogP contribution in [0.15, 0.2) is 42.5 Å². The van der Waals surface area contributed by atoms with Gasteiger partial charge in [0.2, 0.25) is 0 Å². The lowest BCUT2D eigenvalue weighted by Crippen LogP contribution is -2.51. The molecule has 0 bridgehead atoms. The molecule has 1 heterocycles. The molecule has 0 aliphatic carbocycles. The highest BCUT2D eigenvalue weighted by Crippen LogP contribution is 2.24. The van der Waals surface area contributed by atoms with Crippen LogP contribution in [0.2, 0.25) is 0 Å². The van der Waals surface area contributed by atoms with Gasteiger partial charge in [-0.05, 0) is 55.3 Å². The summed E-state index contributed by atoms with van der Waals surface area (Å²) < 4.78 is 4.64. The van der Waals surface area contributed by atoms with E-state index in [1.807, 2.05) is 6.07 Å². The molecule has 1 N–H and O–H groups in total. The van der Waals surface area contributed by atoms with E-state index < -0.39 is 17.8 Å². The molecule has 2 amide bonds. The van der Waals surface area contributed by atoms with Gasteiger partial charge in [0.05, 0.1) is 12.7 Å². The predicted molar refractivity (Wildman–Crippen MR) is 111 cm³/mol. The van der Waals surface area contributed by atoms with Crippen LogP contribution in [0.25, 0.3) is 0 Å². The first-order chi connectivity index (χ1) is 13.9. The van der Waals surface area contributed by atoms with Crippen molar-refractivity contribution in [2.45, 2.75) is 13.8 Å². The van der Waals surface area contributed by atoms with Crippen molar-refractivity contribution in [2.24, 2.45) is 0 Å². The highest BCUT2D eigenvalue weighted by Gasteiger charge is 2.26. The molecule has 0 spiro atoms. The summed E-state index contributed by atoms with van der Waals surface area (Å²) >= 11 is 0. The van der Waals surface area contributed by atoms with Crippen molar-refractivity contribution in [1.29, 1.82) is 0 Å². The van der Waals surface area contributed by atoms with Crippen molar-refractivity contribution >= 4 is 29.2 Å². The minimum Gasteiger partial charge on any atom is -0.465 e. The molecule has 0 aromatic heterocycles. The van der Waals surface area contributed by atoms with E-state index in [1.54, 1.807) is 17.0 Å². The van der Waals surface area contributed by atoms with Gasteiger partial charge in [0.15, 0.2) is 0 Å². The number of nitrogens with one attached hydrogen (secondary N) is 1. The summed E-state index contributed by atoms with van der Waals surface area (Å²) in [6.45, 7) is 6.51. The Labute approximate surface area is 170 Å². The number of amides is 2. The number of carbonyl (C=O) groups is 3. The number of piperazine rings is 1. The van der Waals surface area contributed by atoms with E-state index >= 15 is 0 Å². The molecule has 29 heavy (non-hydrogen) atoms. The van der Waals surface area contributed by atoms with Gasteiger partial charge in [-0.2, -0.15) is 0 Å². The molecule has 0 radical (unpaired) electrons. The van der Waals surface area contributed by atoms with E-state index in [2.05, 4.69) is 40.9 Å². The molecule has 1 fully saturated rings. The van der Waals surface area contributed by atoms with E-state index in [0.29, 0.717) is 37.4 Å². The van der Waals surface area contributed by atoms with Gasteiger partial charge in [0.1, 0.15) is 0 Å². The standard InChI is InChI=1S/C22H25N3O4/c1-15-5-4-6-19(16(15)2)24-11-13-25(14-12-24)21(27)20(26)23-18-9-7-17(8-10-18)22(28)29-3/h4-10H,11-14H2,1-3H3,(H,23,26). The highest BCUT2D eigenvalue weighted by molar-refractivity contribution is 6.39. The fourth-order valence-corrected chi connectivity index (χ4v) is 3.36. The van der Waals surface area contributed by atoms with E-state index in [-0.39, 0.29) is 0 Å². The van der Waals surface area contributed by atoms with Gasteiger partial charge in [0.25, 0.3) is 0 Å². The Balaban J connectivity index is 1.57. The quantitative estimate of drug-likeness (QED) is 0.638. The van der Waals surface area contributed by atoms with Crippen LogP contribution < -0.4 is 10.2 Å². The monoisotopic (exact) mass is 395 g/mol. The Hall–Kier alpha value is -3.35. The second-order valence-corrected chi connectivity index (χ2v) is 7.02. The van der Waals surface area contributed by atoms with Crippen LogP contribution in [0, 0.1) is 13.8 Å². The smallest absolute Gasteiger partial charge is 0.337 e. The first-order valence-corrected chi connectivity index (χ1v) is 9.50. The Morgan fingerprint density at radius 1 is 0.931 bits per heavy atom. The molecule has 1 aliphatic rings. The lowest BCUT2D eigenvalue weighted by Gasteiger charge is -2.36. The molecule has 0 atom stereocenters. The van der Waals surface area contributed by atoms with Crippen molar-refractivity contribution in [2.75, 3.05) is 43.5 Å². The van der Waals surface area contributed by atoms with E-state index in [4.69, 9.17) is 0 Å². The van der Waals surface area contributed by atoms with Crippen LogP contribution in [0.4, 0.5) is 11.4 Å². The molecule has 0 saturated carbocycles. The molecule has 152 valence electrons. The molecule has 2 aromatic rings. The summed E-state index contributed by atoms with van der Waals surface area (Å²) in [7, 11) is 1.30. The van der Waals surface area contributed by atoms with Gasteiger partial charge in [0, 0.05) is 37.6 Å². The number of anilines is 2. The van der Waals surface area contributed by atoms with Crippen molar-refractivity contribution in [3.63, 3.8) is 0 Å².